The fraction of sp³-hybridized carbons (Fsp3) is 0.0588. The largest absolute Gasteiger partial charge is 0.264 e. The van der Waals surface area contributed by atoms with Gasteiger partial charge in [-0.2, -0.15) is 0 Å². The monoisotopic (exact) mass is 343 g/mol. The second-order valence-corrected chi connectivity index (χ2v) is 6.84. The van der Waals surface area contributed by atoms with E-state index in [1.54, 1.807) is 30.7 Å². The SMILES string of the molecule is O=S(=O)(NCc1ccc(-c2cccnc2)nc1)c1ccc(F)cc1. The van der Waals surface area contributed by atoms with Crippen LogP contribution in [0, 0.1) is 5.82 Å². The van der Waals surface area contributed by atoms with E-state index >= 15 is 0 Å². The average Bonchev–Trinajstić information content (AvgIpc) is 2.62. The van der Waals surface area contributed by atoms with Crippen molar-refractivity contribution >= 4 is 10.0 Å². The third-order valence-electron chi connectivity index (χ3n) is 3.37. The molecule has 3 aromatic rings. The lowest BCUT2D eigenvalue weighted by Crippen LogP contribution is -2.23. The molecule has 0 bridgehead atoms. The molecule has 2 aromatic heterocycles. The summed E-state index contributed by atoms with van der Waals surface area (Å²) >= 11 is 0. The number of pyridine rings is 2. The molecule has 0 saturated heterocycles. The van der Waals surface area contributed by atoms with Crippen LogP contribution in [-0.2, 0) is 16.6 Å². The van der Waals surface area contributed by atoms with Crippen molar-refractivity contribution in [1.82, 2.24) is 14.7 Å². The van der Waals surface area contributed by atoms with Crippen LogP contribution in [0.4, 0.5) is 4.39 Å². The van der Waals surface area contributed by atoms with Gasteiger partial charge in [-0.1, -0.05) is 6.07 Å². The van der Waals surface area contributed by atoms with E-state index in [0.29, 0.717) is 5.56 Å². The van der Waals surface area contributed by atoms with Gasteiger partial charge in [0.15, 0.2) is 0 Å². The minimum absolute atomic E-state index is 0.0174. The number of nitrogens with zero attached hydrogens (tertiary/aromatic N) is 2. The fourth-order valence-electron chi connectivity index (χ4n) is 2.09. The summed E-state index contributed by atoms with van der Waals surface area (Å²) in [6, 6.07) is 12.0. The Balaban J connectivity index is 1.69. The quantitative estimate of drug-likeness (QED) is 0.773. The lowest BCUT2D eigenvalue weighted by atomic mass is 10.1. The van der Waals surface area contributed by atoms with E-state index in [0.717, 1.165) is 23.4 Å². The third-order valence-corrected chi connectivity index (χ3v) is 4.79. The summed E-state index contributed by atoms with van der Waals surface area (Å²) < 4.78 is 39.6. The molecule has 0 spiro atoms. The van der Waals surface area contributed by atoms with Crippen LogP contribution >= 0.6 is 0 Å². The van der Waals surface area contributed by atoms with E-state index in [1.165, 1.54) is 12.1 Å². The highest BCUT2D eigenvalue weighted by molar-refractivity contribution is 7.89. The van der Waals surface area contributed by atoms with Crippen molar-refractivity contribution in [3.63, 3.8) is 0 Å². The molecule has 0 aliphatic rings. The molecule has 0 aliphatic heterocycles. The molecular weight excluding hydrogens is 329 g/mol. The molecule has 7 heteroatoms. The van der Waals surface area contributed by atoms with Crippen molar-refractivity contribution < 1.29 is 12.8 Å². The number of sulfonamides is 1. The minimum Gasteiger partial charge on any atom is -0.264 e. The number of hydrogen-bond donors (Lipinski definition) is 1. The van der Waals surface area contributed by atoms with Gasteiger partial charge in [-0.3, -0.25) is 9.97 Å². The number of hydrogen-bond acceptors (Lipinski definition) is 4. The number of benzene rings is 1. The summed E-state index contributed by atoms with van der Waals surface area (Å²) in [6.45, 7) is 0.0973. The lowest BCUT2D eigenvalue weighted by Gasteiger charge is -2.07. The zero-order valence-corrected chi connectivity index (χ0v) is 13.4. The molecule has 0 fully saturated rings. The third kappa shape index (κ3) is 3.81. The van der Waals surface area contributed by atoms with E-state index in [-0.39, 0.29) is 11.4 Å². The molecule has 2 heterocycles. The molecule has 0 saturated carbocycles. The Hall–Kier alpha value is -2.64. The summed E-state index contributed by atoms with van der Waals surface area (Å²) in [6.07, 6.45) is 5.00. The molecule has 0 amide bonds. The van der Waals surface area contributed by atoms with Gasteiger partial charge >= 0.3 is 0 Å². The normalized spacial score (nSPS) is 11.4. The Morgan fingerprint density at radius 3 is 2.42 bits per heavy atom. The van der Waals surface area contributed by atoms with Gasteiger partial charge in [0, 0.05) is 30.7 Å². The zero-order chi connectivity index (χ0) is 17.0. The van der Waals surface area contributed by atoms with Crippen molar-refractivity contribution in [2.45, 2.75) is 11.4 Å². The summed E-state index contributed by atoms with van der Waals surface area (Å²) in [5.41, 5.74) is 2.36. The molecule has 5 nitrogen and oxygen atoms in total. The Morgan fingerprint density at radius 1 is 1.00 bits per heavy atom. The molecule has 0 atom stereocenters. The maximum absolute atomic E-state index is 12.9. The average molecular weight is 343 g/mol. The van der Waals surface area contributed by atoms with Crippen LogP contribution in [0.2, 0.25) is 0 Å². The molecule has 0 radical (unpaired) electrons. The zero-order valence-electron chi connectivity index (χ0n) is 12.6. The first-order chi connectivity index (χ1) is 11.5. The molecule has 122 valence electrons. The first-order valence-corrected chi connectivity index (χ1v) is 8.63. The van der Waals surface area contributed by atoms with Crippen LogP contribution in [0.15, 0.2) is 72.0 Å². The number of nitrogens with one attached hydrogen (secondary N) is 1. The maximum Gasteiger partial charge on any atom is 0.240 e. The van der Waals surface area contributed by atoms with Crippen molar-refractivity contribution in [3.8, 4) is 11.3 Å². The van der Waals surface area contributed by atoms with E-state index in [1.807, 2.05) is 12.1 Å². The lowest BCUT2D eigenvalue weighted by molar-refractivity contribution is 0.580. The van der Waals surface area contributed by atoms with E-state index in [9.17, 15) is 12.8 Å². The predicted octanol–water partition coefficient (Wildman–Crippen LogP) is 2.76. The predicted molar refractivity (Wildman–Crippen MR) is 87.9 cm³/mol. The van der Waals surface area contributed by atoms with Crippen LogP contribution in [0.3, 0.4) is 0 Å². The van der Waals surface area contributed by atoms with Crippen LogP contribution in [0.5, 0.6) is 0 Å². The van der Waals surface area contributed by atoms with Crippen molar-refractivity contribution in [3.05, 3.63) is 78.5 Å². The van der Waals surface area contributed by atoms with Gasteiger partial charge < -0.3 is 0 Å². The summed E-state index contributed by atoms with van der Waals surface area (Å²) in [5, 5.41) is 0. The first-order valence-electron chi connectivity index (χ1n) is 7.15. The van der Waals surface area contributed by atoms with Crippen LogP contribution < -0.4 is 4.72 Å². The molecular formula is C17H14FN3O2S. The minimum atomic E-state index is -3.69. The fourth-order valence-corrected chi connectivity index (χ4v) is 3.11. The van der Waals surface area contributed by atoms with Gasteiger partial charge in [-0.05, 0) is 48.0 Å². The van der Waals surface area contributed by atoms with Crippen molar-refractivity contribution in [1.29, 1.82) is 0 Å². The topological polar surface area (TPSA) is 72.0 Å². The van der Waals surface area contributed by atoms with Crippen LogP contribution in [0.25, 0.3) is 11.3 Å². The molecule has 1 aromatic carbocycles. The van der Waals surface area contributed by atoms with Gasteiger partial charge in [0.05, 0.1) is 10.6 Å². The van der Waals surface area contributed by atoms with Gasteiger partial charge in [0.1, 0.15) is 5.82 Å². The second-order valence-electron chi connectivity index (χ2n) is 5.07. The number of halogens is 1. The van der Waals surface area contributed by atoms with Crippen molar-refractivity contribution in [2.24, 2.45) is 0 Å². The summed E-state index contributed by atoms with van der Waals surface area (Å²) in [4.78, 5) is 8.36. The summed E-state index contributed by atoms with van der Waals surface area (Å²) in [7, 11) is -3.69. The standard InChI is InChI=1S/C17H14FN3O2S/c18-15-4-6-16(7-5-15)24(22,23)21-11-13-3-8-17(20-10-13)14-2-1-9-19-12-14/h1-10,12,21H,11H2. The molecule has 24 heavy (non-hydrogen) atoms. The highest BCUT2D eigenvalue weighted by Gasteiger charge is 2.13. The maximum atomic E-state index is 12.9. The summed E-state index contributed by atoms with van der Waals surface area (Å²) in [5.74, 6) is -0.482. The Bertz CT molecular complexity index is 912. The van der Waals surface area contributed by atoms with Gasteiger partial charge in [0.2, 0.25) is 10.0 Å². The van der Waals surface area contributed by atoms with Gasteiger partial charge in [-0.15, -0.1) is 0 Å². The van der Waals surface area contributed by atoms with Crippen LogP contribution in [0.1, 0.15) is 5.56 Å². The second kappa shape index (κ2) is 6.86. The van der Waals surface area contributed by atoms with Crippen LogP contribution in [-0.4, -0.2) is 18.4 Å². The first kappa shape index (κ1) is 16.2. The highest BCUT2D eigenvalue weighted by Crippen LogP contribution is 2.15. The number of aromatic nitrogens is 2. The van der Waals surface area contributed by atoms with Gasteiger partial charge in [-0.25, -0.2) is 17.5 Å². The number of rotatable bonds is 5. The van der Waals surface area contributed by atoms with E-state index in [2.05, 4.69) is 14.7 Å². The van der Waals surface area contributed by atoms with Crippen molar-refractivity contribution in [2.75, 3.05) is 0 Å². The van der Waals surface area contributed by atoms with E-state index in [4.69, 9.17) is 0 Å². The smallest absolute Gasteiger partial charge is 0.240 e. The Morgan fingerprint density at radius 2 is 1.79 bits per heavy atom. The van der Waals surface area contributed by atoms with E-state index < -0.39 is 15.8 Å². The highest BCUT2D eigenvalue weighted by atomic mass is 32.2. The molecule has 3 rings (SSSR count). The molecule has 0 aliphatic carbocycles. The molecule has 1 N–H and O–H groups in total. The van der Waals surface area contributed by atoms with Gasteiger partial charge in [0.25, 0.3) is 0 Å². The molecule has 0 unspecified atom stereocenters. The Labute approximate surface area is 139 Å². The Kier molecular flexibility index (Phi) is 4.64.